The number of hydrogen-bond donors (Lipinski definition) is 1. The number of benzene rings is 1. The second-order valence-corrected chi connectivity index (χ2v) is 8.28. The standard InChI is InChI=1S/C15H26O3SSi/c1-5-16-20(17-6-2,18-7-3)15(19)13(4)14-11-9-8-10-12-14/h8-13,15,19H,5-7H2,1-4H3. The van der Waals surface area contributed by atoms with Crippen LogP contribution in [0.25, 0.3) is 0 Å². The summed E-state index contributed by atoms with van der Waals surface area (Å²) in [6.45, 7) is 9.76. The van der Waals surface area contributed by atoms with Gasteiger partial charge < -0.3 is 13.3 Å². The molecule has 0 aromatic heterocycles. The van der Waals surface area contributed by atoms with Crippen molar-refractivity contribution in [2.45, 2.75) is 38.5 Å². The molecule has 1 aromatic carbocycles. The Morgan fingerprint density at radius 2 is 1.40 bits per heavy atom. The van der Waals surface area contributed by atoms with Gasteiger partial charge in [-0.3, -0.25) is 0 Å². The van der Waals surface area contributed by atoms with Gasteiger partial charge in [-0.25, -0.2) is 0 Å². The molecule has 0 bridgehead atoms. The summed E-state index contributed by atoms with van der Waals surface area (Å²) in [5.41, 5.74) is 1.23. The fourth-order valence-corrected chi connectivity index (χ4v) is 5.85. The third-order valence-electron chi connectivity index (χ3n) is 3.20. The largest absolute Gasteiger partial charge is 0.514 e. The minimum absolute atomic E-state index is 0.0789. The Morgan fingerprint density at radius 3 is 1.80 bits per heavy atom. The quantitative estimate of drug-likeness (QED) is 0.556. The van der Waals surface area contributed by atoms with Gasteiger partial charge in [0.2, 0.25) is 0 Å². The van der Waals surface area contributed by atoms with Crippen molar-refractivity contribution in [1.29, 1.82) is 0 Å². The molecule has 0 radical (unpaired) electrons. The van der Waals surface area contributed by atoms with Crippen molar-refractivity contribution in [3.63, 3.8) is 0 Å². The minimum Gasteiger partial charge on any atom is -0.373 e. The predicted molar refractivity (Wildman–Crippen MR) is 88.3 cm³/mol. The smallest absolute Gasteiger partial charge is 0.373 e. The molecule has 0 aliphatic heterocycles. The summed E-state index contributed by atoms with van der Waals surface area (Å²) in [4.78, 5) is -0.0789. The van der Waals surface area contributed by atoms with E-state index in [4.69, 9.17) is 25.9 Å². The van der Waals surface area contributed by atoms with E-state index in [0.717, 1.165) is 0 Å². The SMILES string of the molecule is CCO[Si](OCC)(OCC)C(S)C(C)c1ccccc1. The molecule has 5 heteroatoms. The number of rotatable bonds is 9. The Balaban J connectivity index is 2.98. The molecule has 3 nitrogen and oxygen atoms in total. The molecule has 2 atom stereocenters. The molecular formula is C15H26O3SSi. The lowest BCUT2D eigenvalue weighted by Crippen LogP contribution is -2.56. The second-order valence-electron chi connectivity index (χ2n) is 4.55. The third-order valence-corrected chi connectivity index (χ3v) is 7.89. The van der Waals surface area contributed by atoms with E-state index in [-0.39, 0.29) is 10.8 Å². The van der Waals surface area contributed by atoms with Crippen molar-refractivity contribution >= 4 is 21.4 Å². The van der Waals surface area contributed by atoms with E-state index >= 15 is 0 Å². The molecule has 114 valence electrons. The molecule has 1 rings (SSSR count). The van der Waals surface area contributed by atoms with Crippen molar-refractivity contribution in [2.75, 3.05) is 19.8 Å². The number of thiol groups is 1. The van der Waals surface area contributed by atoms with E-state index in [9.17, 15) is 0 Å². The molecule has 2 unspecified atom stereocenters. The van der Waals surface area contributed by atoms with E-state index in [1.165, 1.54) is 5.56 Å². The molecule has 0 saturated heterocycles. The molecule has 0 aliphatic carbocycles. The average molecular weight is 315 g/mol. The summed E-state index contributed by atoms with van der Waals surface area (Å²) in [6.07, 6.45) is 0. The van der Waals surface area contributed by atoms with E-state index in [0.29, 0.717) is 19.8 Å². The first-order valence-corrected chi connectivity index (χ1v) is 9.58. The van der Waals surface area contributed by atoms with Gasteiger partial charge in [-0.15, -0.1) is 0 Å². The van der Waals surface area contributed by atoms with Crippen LogP contribution in [0.3, 0.4) is 0 Å². The summed E-state index contributed by atoms with van der Waals surface area (Å²) < 4.78 is 17.8. The Kier molecular flexibility index (Phi) is 7.83. The summed E-state index contributed by atoms with van der Waals surface area (Å²) in [5.74, 6) is 0.204. The Hall–Kier alpha value is -0.333. The molecule has 1 aromatic rings. The van der Waals surface area contributed by atoms with E-state index in [1.807, 2.05) is 39.0 Å². The Bertz CT molecular complexity index is 358. The van der Waals surface area contributed by atoms with Crippen LogP contribution < -0.4 is 0 Å². The van der Waals surface area contributed by atoms with Crippen LogP contribution in [0.2, 0.25) is 0 Å². The van der Waals surface area contributed by atoms with Crippen molar-refractivity contribution < 1.29 is 13.3 Å². The lowest BCUT2D eigenvalue weighted by atomic mass is 10.0. The highest BCUT2D eigenvalue weighted by atomic mass is 32.1. The van der Waals surface area contributed by atoms with Crippen LogP contribution in [0.5, 0.6) is 0 Å². The fourth-order valence-electron chi connectivity index (χ4n) is 2.23. The second kappa shape index (κ2) is 8.84. The summed E-state index contributed by atoms with van der Waals surface area (Å²) in [7, 11) is -2.78. The summed E-state index contributed by atoms with van der Waals surface area (Å²) in [6, 6.07) is 10.3. The lowest BCUT2D eigenvalue weighted by Gasteiger charge is -2.35. The van der Waals surface area contributed by atoms with Crippen LogP contribution in [-0.2, 0) is 13.3 Å². The third kappa shape index (κ3) is 4.33. The van der Waals surface area contributed by atoms with E-state index in [1.54, 1.807) is 0 Å². The predicted octanol–water partition coefficient (Wildman–Crippen LogP) is 3.68. The fraction of sp³-hybridized carbons (Fsp3) is 0.600. The topological polar surface area (TPSA) is 27.7 Å². The van der Waals surface area contributed by atoms with Gasteiger partial charge >= 0.3 is 8.80 Å². The van der Waals surface area contributed by atoms with Crippen LogP contribution >= 0.6 is 12.6 Å². The zero-order valence-electron chi connectivity index (χ0n) is 12.8. The zero-order chi connectivity index (χ0) is 15.0. The van der Waals surface area contributed by atoms with Gasteiger partial charge in [0.15, 0.2) is 0 Å². The summed E-state index contributed by atoms with van der Waals surface area (Å²) >= 11 is 4.81. The Labute approximate surface area is 129 Å². The van der Waals surface area contributed by atoms with Crippen LogP contribution in [0.15, 0.2) is 30.3 Å². The van der Waals surface area contributed by atoms with Gasteiger partial charge in [0, 0.05) is 19.8 Å². The molecule has 0 aliphatic rings. The highest BCUT2D eigenvalue weighted by Gasteiger charge is 2.50. The summed E-state index contributed by atoms with van der Waals surface area (Å²) in [5, 5.41) is 0. The highest BCUT2D eigenvalue weighted by molar-refractivity contribution is 7.83. The number of hydrogen-bond acceptors (Lipinski definition) is 4. The maximum Gasteiger partial charge on any atom is 0.514 e. The Morgan fingerprint density at radius 1 is 0.950 bits per heavy atom. The van der Waals surface area contributed by atoms with Crippen molar-refractivity contribution in [2.24, 2.45) is 0 Å². The van der Waals surface area contributed by atoms with Crippen molar-refractivity contribution in [1.82, 2.24) is 0 Å². The van der Waals surface area contributed by atoms with Crippen LogP contribution in [0.1, 0.15) is 39.2 Å². The first kappa shape index (κ1) is 17.7. The molecule has 20 heavy (non-hydrogen) atoms. The molecule has 0 amide bonds. The first-order chi connectivity index (χ1) is 9.61. The van der Waals surface area contributed by atoms with Gasteiger partial charge in [0.05, 0.1) is 4.87 Å². The van der Waals surface area contributed by atoms with Gasteiger partial charge in [0.1, 0.15) is 0 Å². The lowest BCUT2D eigenvalue weighted by molar-refractivity contribution is 0.0680. The normalized spacial score (nSPS) is 15.1. The first-order valence-electron chi connectivity index (χ1n) is 7.26. The van der Waals surface area contributed by atoms with Gasteiger partial charge in [-0.05, 0) is 32.3 Å². The molecule has 0 saturated carbocycles. The average Bonchev–Trinajstić information content (AvgIpc) is 2.47. The molecule has 0 fully saturated rings. The maximum atomic E-state index is 5.93. The monoisotopic (exact) mass is 314 g/mol. The van der Waals surface area contributed by atoms with Crippen LogP contribution in [-0.4, -0.2) is 33.5 Å². The van der Waals surface area contributed by atoms with Crippen molar-refractivity contribution in [3.05, 3.63) is 35.9 Å². The zero-order valence-corrected chi connectivity index (χ0v) is 14.7. The molecule has 0 heterocycles. The van der Waals surface area contributed by atoms with Gasteiger partial charge in [-0.1, -0.05) is 37.3 Å². The van der Waals surface area contributed by atoms with Crippen molar-refractivity contribution in [3.8, 4) is 0 Å². The highest BCUT2D eigenvalue weighted by Crippen LogP contribution is 2.32. The van der Waals surface area contributed by atoms with Crippen LogP contribution in [0.4, 0.5) is 0 Å². The minimum atomic E-state index is -2.78. The van der Waals surface area contributed by atoms with Crippen LogP contribution in [0, 0.1) is 0 Å². The van der Waals surface area contributed by atoms with E-state index in [2.05, 4.69) is 19.1 Å². The van der Waals surface area contributed by atoms with Gasteiger partial charge in [0.25, 0.3) is 0 Å². The molecular weight excluding hydrogens is 288 g/mol. The maximum absolute atomic E-state index is 5.93. The van der Waals surface area contributed by atoms with Gasteiger partial charge in [-0.2, -0.15) is 12.6 Å². The molecule has 0 spiro atoms. The van der Waals surface area contributed by atoms with E-state index < -0.39 is 8.80 Å². The molecule has 0 N–H and O–H groups in total.